The zero-order valence-corrected chi connectivity index (χ0v) is 17.4. The second kappa shape index (κ2) is 5.80. The molecule has 0 saturated heterocycles. The van der Waals surface area contributed by atoms with Gasteiger partial charge >= 0.3 is 6.85 Å². The number of benzene rings is 6. The zero-order chi connectivity index (χ0) is 20.8. The standard InChI is InChI=1S/C30H18BN/c1-2-8-22-18-26-24(17-21(22)7-1)23-11-3-4-13-27(23)32-28-14-6-10-20-16-15-19-9-5-12-25(31(26)32)29(19)30(20)28/h1-18H. The molecule has 0 fully saturated rings. The molecule has 0 aromatic heterocycles. The fourth-order valence-electron chi connectivity index (χ4n) is 6.08. The minimum absolute atomic E-state index is 0.161. The third-order valence-electron chi connectivity index (χ3n) is 7.37. The lowest BCUT2D eigenvalue weighted by Gasteiger charge is -2.42. The normalized spacial score (nSPS) is 13.5. The summed E-state index contributed by atoms with van der Waals surface area (Å²) in [6, 6.07) is 40.5. The van der Waals surface area contributed by atoms with Crippen LogP contribution in [0.25, 0.3) is 43.4 Å². The summed E-state index contributed by atoms with van der Waals surface area (Å²) < 4.78 is 0. The molecule has 146 valence electrons. The Morgan fingerprint density at radius 3 is 1.97 bits per heavy atom. The minimum atomic E-state index is 0.161. The van der Waals surface area contributed by atoms with Crippen molar-refractivity contribution in [2.75, 3.05) is 4.81 Å². The topological polar surface area (TPSA) is 3.24 Å². The number of fused-ring (bicyclic) bond motifs is 9. The lowest BCUT2D eigenvalue weighted by molar-refractivity contribution is 1.38. The van der Waals surface area contributed by atoms with Crippen LogP contribution in [0.15, 0.2) is 109 Å². The van der Waals surface area contributed by atoms with Crippen molar-refractivity contribution in [2.24, 2.45) is 0 Å². The Bertz CT molecular complexity index is 1750. The molecular formula is C30H18BN. The van der Waals surface area contributed by atoms with Gasteiger partial charge in [-0.2, -0.15) is 0 Å². The molecule has 8 rings (SSSR count). The fourth-order valence-corrected chi connectivity index (χ4v) is 6.08. The first-order valence-electron chi connectivity index (χ1n) is 11.2. The Labute approximate surface area is 186 Å². The van der Waals surface area contributed by atoms with Crippen molar-refractivity contribution in [1.82, 2.24) is 0 Å². The first-order chi connectivity index (χ1) is 15.9. The molecule has 2 aliphatic rings. The molecule has 0 bridgehead atoms. The maximum Gasteiger partial charge on any atom is 0.329 e. The van der Waals surface area contributed by atoms with E-state index in [4.69, 9.17) is 0 Å². The molecule has 2 heteroatoms. The summed E-state index contributed by atoms with van der Waals surface area (Å²) in [5, 5.41) is 8.00. The van der Waals surface area contributed by atoms with Crippen LogP contribution in [-0.2, 0) is 0 Å². The monoisotopic (exact) mass is 403 g/mol. The largest absolute Gasteiger partial charge is 0.376 e. The van der Waals surface area contributed by atoms with Gasteiger partial charge in [0.05, 0.1) is 0 Å². The molecule has 0 saturated carbocycles. The van der Waals surface area contributed by atoms with Crippen molar-refractivity contribution in [1.29, 1.82) is 0 Å². The van der Waals surface area contributed by atoms with Gasteiger partial charge in [0.25, 0.3) is 0 Å². The Morgan fingerprint density at radius 2 is 1.09 bits per heavy atom. The van der Waals surface area contributed by atoms with Gasteiger partial charge in [-0.1, -0.05) is 91.0 Å². The van der Waals surface area contributed by atoms with E-state index in [1.54, 1.807) is 0 Å². The van der Waals surface area contributed by atoms with Gasteiger partial charge in [-0.25, -0.2) is 0 Å². The first kappa shape index (κ1) is 16.6. The summed E-state index contributed by atoms with van der Waals surface area (Å²) in [6.07, 6.45) is 0. The summed E-state index contributed by atoms with van der Waals surface area (Å²) in [4.78, 5) is 2.58. The van der Waals surface area contributed by atoms with Gasteiger partial charge < -0.3 is 4.81 Å². The van der Waals surface area contributed by atoms with Crippen LogP contribution in [-0.4, -0.2) is 6.85 Å². The van der Waals surface area contributed by atoms with Gasteiger partial charge in [0.2, 0.25) is 0 Å². The van der Waals surface area contributed by atoms with Crippen LogP contribution < -0.4 is 15.7 Å². The van der Waals surface area contributed by atoms with Crippen LogP contribution in [0, 0.1) is 0 Å². The molecule has 0 spiro atoms. The third kappa shape index (κ3) is 1.96. The van der Waals surface area contributed by atoms with Crippen LogP contribution >= 0.6 is 0 Å². The van der Waals surface area contributed by atoms with Crippen molar-refractivity contribution in [3.63, 3.8) is 0 Å². The SMILES string of the molecule is c1ccc2c(c1)-c1cc3ccccc3cc1B1c3cccc4ccc5cccc(c5c34)N12. The van der Waals surface area contributed by atoms with Crippen LogP contribution in [0.4, 0.5) is 11.4 Å². The molecule has 0 unspecified atom stereocenters. The highest BCUT2D eigenvalue weighted by molar-refractivity contribution is 6.93. The Kier molecular flexibility index (Phi) is 3.02. The van der Waals surface area contributed by atoms with Crippen molar-refractivity contribution in [3.8, 4) is 11.1 Å². The molecule has 32 heavy (non-hydrogen) atoms. The van der Waals surface area contributed by atoms with E-state index in [9.17, 15) is 0 Å². The lowest BCUT2D eigenvalue weighted by Crippen LogP contribution is -2.59. The summed E-state index contributed by atoms with van der Waals surface area (Å²) >= 11 is 0. The highest BCUT2D eigenvalue weighted by Gasteiger charge is 2.41. The van der Waals surface area contributed by atoms with Crippen molar-refractivity contribution < 1.29 is 0 Å². The molecule has 0 amide bonds. The van der Waals surface area contributed by atoms with Gasteiger partial charge in [-0.3, -0.25) is 0 Å². The molecular weight excluding hydrogens is 385 g/mol. The highest BCUT2D eigenvalue weighted by atomic mass is 15.1. The van der Waals surface area contributed by atoms with Crippen LogP contribution in [0.1, 0.15) is 0 Å². The zero-order valence-electron chi connectivity index (χ0n) is 17.4. The van der Waals surface area contributed by atoms with E-state index >= 15 is 0 Å². The summed E-state index contributed by atoms with van der Waals surface area (Å²) in [6.45, 7) is 0.161. The predicted molar refractivity (Wildman–Crippen MR) is 138 cm³/mol. The summed E-state index contributed by atoms with van der Waals surface area (Å²) in [5.41, 5.74) is 8.05. The molecule has 6 aromatic rings. The molecule has 2 aliphatic heterocycles. The number of hydrogen-bond acceptors (Lipinski definition) is 1. The van der Waals surface area contributed by atoms with Gasteiger partial charge in [0.1, 0.15) is 0 Å². The number of hydrogen-bond donors (Lipinski definition) is 0. The first-order valence-corrected chi connectivity index (χ1v) is 11.2. The van der Waals surface area contributed by atoms with E-state index in [0.717, 1.165) is 0 Å². The average molecular weight is 403 g/mol. The fraction of sp³-hybridized carbons (Fsp3) is 0. The third-order valence-corrected chi connectivity index (χ3v) is 7.37. The Hall–Kier alpha value is -4.04. The second-order valence-corrected chi connectivity index (χ2v) is 8.96. The smallest absolute Gasteiger partial charge is 0.329 e. The van der Waals surface area contributed by atoms with E-state index in [1.807, 2.05) is 0 Å². The molecule has 0 atom stereocenters. The Balaban J connectivity index is 1.60. The molecule has 0 N–H and O–H groups in total. The van der Waals surface area contributed by atoms with Gasteiger partial charge in [0, 0.05) is 22.3 Å². The van der Waals surface area contributed by atoms with Gasteiger partial charge in [0.15, 0.2) is 0 Å². The molecule has 0 aliphatic carbocycles. The van der Waals surface area contributed by atoms with Gasteiger partial charge in [-0.15, -0.1) is 0 Å². The lowest BCUT2D eigenvalue weighted by atomic mass is 9.43. The Morgan fingerprint density at radius 1 is 0.438 bits per heavy atom. The van der Waals surface area contributed by atoms with Crippen LogP contribution in [0.3, 0.4) is 0 Å². The molecule has 6 aromatic carbocycles. The number of anilines is 2. The second-order valence-electron chi connectivity index (χ2n) is 8.96. The van der Waals surface area contributed by atoms with Crippen molar-refractivity contribution >= 4 is 61.5 Å². The van der Waals surface area contributed by atoms with E-state index in [1.165, 1.54) is 65.7 Å². The predicted octanol–water partition coefficient (Wildman–Crippen LogP) is 6.38. The number of para-hydroxylation sites is 1. The quantitative estimate of drug-likeness (QED) is 0.210. The maximum absolute atomic E-state index is 2.58. The highest BCUT2D eigenvalue weighted by Crippen LogP contribution is 2.46. The average Bonchev–Trinajstić information content (AvgIpc) is 2.86. The number of nitrogens with zero attached hydrogens (tertiary/aromatic N) is 1. The van der Waals surface area contributed by atoms with Crippen molar-refractivity contribution in [2.45, 2.75) is 0 Å². The molecule has 0 radical (unpaired) electrons. The summed E-state index contributed by atoms with van der Waals surface area (Å²) in [7, 11) is 0. The van der Waals surface area contributed by atoms with E-state index in [2.05, 4.69) is 114 Å². The van der Waals surface area contributed by atoms with Crippen LogP contribution in [0.5, 0.6) is 0 Å². The summed E-state index contributed by atoms with van der Waals surface area (Å²) in [5.74, 6) is 0. The van der Waals surface area contributed by atoms with Crippen LogP contribution in [0.2, 0.25) is 0 Å². The maximum atomic E-state index is 2.58. The van der Waals surface area contributed by atoms with Crippen molar-refractivity contribution in [3.05, 3.63) is 109 Å². The van der Waals surface area contributed by atoms with E-state index < -0.39 is 0 Å². The van der Waals surface area contributed by atoms with Gasteiger partial charge in [-0.05, 0) is 61.6 Å². The minimum Gasteiger partial charge on any atom is -0.376 e. The number of rotatable bonds is 0. The molecule has 2 heterocycles. The van der Waals surface area contributed by atoms with E-state index in [0.29, 0.717) is 0 Å². The van der Waals surface area contributed by atoms with E-state index in [-0.39, 0.29) is 6.85 Å². The molecule has 1 nitrogen and oxygen atoms in total.